The van der Waals surface area contributed by atoms with Crippen LogP contribution >= 0.6 is 24.2 Å². The number of hydrogen-bond acceptors (Lipinski definition) is 4. The highest BCUT2D eigenvalue weighted by atomic mass is 35.5. The molecule has 0 radical (unpaired) electrons. The van der Waals surface area contributed by atoms with E-state index in [9.17, 15) is 9.59 Å². The summed E-state index contributed by atoms with van der Waals surface area (Å²) in [5.74, 6) is -0.0447. The monoisotopic (exact) mass is 411 g/mol. The lowest BCUT2D eigenvalue weighted by Crippen LogP contribution is -2.75. The van der Waals surface area contributed by atoms with Gasteiger partial charge in [0.2, 0.25) is 11.8 Å². The zero-order chi connectivity index (χ0) is 20.6. The Bertz CT molecular complexity index is 734. The standard InChI is InChI=1S/C20H30ClN3O2S/c1-7-16-20(27,18(26)24(16)8-2)12(3)22-14-9-13(21)10-15(11-14)23-17(25)19(4,5)6/h9-12,16,22,27H,7-8H2,1-6H3,(H,23,25). The molecule has 3 atom stereocenters. The molecule has 150 valence electrons. The summed E-state index contributed by atoms with van der Waals surface area (Å²) in [6.07, 6.45) is 0.845. The number of thiol groups is 1. The van der Waals surface area contributed by atoms with Gasteiger partial charge in [0.15, 0.2) is 0 Å². The van der Waals surface area contributed by atoms with Crippen molar-refractivity contribution in [2.24, 2.45) is 5.41 Å². The first-order chi connectivity index (χ1) is 12.4. The summed E-state index contributed by atoms with van der Waals surface area (Å²) in [7, 11) is 0. The first kappa shape index (κ1) is 21.9. The molecule has 1 fully saturated rings. The minimum Gasteiger partial charge on any atom is -0.380 e. The van der Waals surface area contributed by atoms with E-state index in [1.807, 2.05) is 45.6 Å². The number of carbonyl (C=O) groups is 2. The molecule has 2 rings (SSSR count). The number of benzene rings is 1. The molecule has 1 aliphatic heterocycles. The number of likely N-dealkylation sites (tertiary alicyclic amines) is 1. The fourth-order valence-electron chi connectivity index (χ4n) is 3.48. The van der Waals surface area contributed by atoms with Crippen LogP contribution in [0.15, 0.2) is 18.2 Å². The van der Waals surface area contributed by atoms with Gasteiger partial charge in [-0.15, -0.1) is 0 Å². The van der Waals surface area contributed by atoms with Crippen LogP contribution in [-0.4, -0.2) is 40.1 Å². The molecule has 2 amide bonds. The minimum atomic E-state index is -0.762. The highest BCUT2D eigenvalue weighted by Crippen LogP contribution is 2.42. The molecular formula is C20H30ClN3O2S. The zero-order valence-corrected chi connectivity index (χ0v) is 18.5. The van der Waals surface area contributed by atoms with E-state index < -0.39 is 10.2 Å². The molecule has 1 aromatic carbocycles. The van der Waals surface area contributed by atoms with Crippen LogP contribution < -0.4 is 10.6 Å². The third kappa shape index (κ3) is 4.21. The van der Waals surface area contributed by atoms with Crippen LogP contribution in [0, 0.1) is 5.41 Å². The van der Waals surface area contributed by atoms with Gasteiger partial charge in [-0.25, -0.2) is 0 Å². The van der Waals surface area contributed by atoms with Gasteiger partial charge in [-0.3, -0.25) is 9.59 Å². The molecule has 7 heteroatoms. The third-order valence-corrected chi connectivity index (χ3v) is 6.19. The van der Waals surface area contributed by atoms with Crippen molar-refractivity contribution >= 4 is 47.4 Å². The quantitative estimate of drug-likeness (QED) is 0.479. The highest BCUT2D eigenvalue weighted by Gasteiger charge is 2.59. The van der Waals surface area contributed by atoms with Gasteiger partial charge in [0.25, 0.3) is 0 Å². The summed E-state index contributed by atoms with van der Waals surface area (Å²) < 4.78 is -0.762. The molecule has 0 spiro atoms. The van der Waals surface area contributed by atoms with Gasteiger partial charge in [-0.05, 0) is 38.5 Å². The topological polar surface area (TPSA) is 61.4 Å². The molecule has 5 nitrogen and oxygen atoms in total. The van der Waals surface area contributed by atoms with Crippen molar-refractivity contribution in [1.29, 1.82) is 0 Å². The van der Waals surface area contributed by atoms with E-state index in [1.54, 1.807) is 12.1 Å². The second-order valence-electron chi connectivity index (χ2n) is 8.14. The highest BCUT2D eigenvalue weighted by molar-refractivity contribution is 7.83. The molecule has 1 heterocycles. The predicted molar refractivity (Wildman–Crippen MR) is 116 cm³/mol. The summed E-state index contributed by atoms with van der Waals surface area (Å²) >= 11 is 11.0. The Labute approximate surface area is 172 Å². The van der Waals surface area contributed by atoms with E-state index in [0.717, 1.165) is 12.1 Å². The largest absolute Gasteiger partial charge is 0.380 e. The second-order valence-corrected chi connectivity index (χ2v) is 9.32. The van der Waals surface area contributed by atoms with Crippen LogP contribution in [0.1, 0.15) is 48.0 Å². The van der Waals surface area contributed by atoms with Crippen molar-refractivity contribution in [2.45, 2.75) is 64.8 Å². The van der Waals surface area contributed by atoms with E-state index in [4.69, 9.17) is 24.2 Å². The van der Waals surface area contributed by atoms with Gasteiger partial charge in [0.1, 0.15) is 4.75 Å². The van der Waals surface area contributed by atoms with Crippen molar-refractivity contribution in [3.05, 3.63) is 23.2 Å². The molecule has 0 bridgehead atoms. The first-order valence-electron chi connectivity index (χ1n) is 9.37. The number of rotatable bonds is 6. The Morgan fingerprint density at radius 3 is 2.41 bits per heavy atom. The average molecular weight is 412 g/mol. The van der Waals surface area contributed by atoms with Gasteiger partial charge in [-0.2, -0.15) is 12.6 Å². The number of β-lactam (4-membered cyclic amide) rings is 1. The van der Waals surface area contributed by atoms with E-state index in [-0.39, 0.29) is 23.9 Å². The van der Waals surface area contributed by atoms with Crippen LogP contribution in [0.5, 0.6) is 0 Å². The van der Waals surface area contributed by atoms with Gasteiger partial charge in [0, 0.05) is 34.4 Å². The normalized spacial score (nSPS) is 23.6. The number of nitrogens with one attached hydrogen (secondary N) is 2. The van der Waals surface area contributed by atoms with Crippen molar-refractivity contribution in [3.8, 4) is 0 Å². The maximum absolute atomic E-state index is 12.6. The summed E-state index contributed by atoms with van der Waals surface area (Å²) in [5.41, 5.74) is 0.854. The average Bonchev–Trinajstić information content (AvgIpc) is 2.56. The lowest BCUT2D eigenvalue weighted by molar-refractivity contribution is -0.152. The molecule has 0 saturated carbocycles. The Balaban J connectivity index is 2.20. The first-order valence-corrected chi connectivity index (χ1v) is 10.2. The lowest BCUT2D eigenvalue weighted by atomic mass is 9.79. The van der Waals surface area contributed by atoms with Crippen LogP contribution in [0.3, 0.4) is 0 Å². The van der Waals surface area contributed by atoms with Crippen LogP contribution in [-0.2, 0) is 9.59 Å². The van der Waals surface area contributed by atoms with E-state index >= 15 is 0 Å². The molecule has 1 aromatic rings. The molecule has 27 heavy (non-hydrogen) atoms. The maximum atomic E-state index is 12.6. The molecule has 3 unspecified atom stereocenters. The minimum absolute atomic E-state index is 0.0449. The predicted octanol–water partition coefficient (Wildman–Crippen LogP) is 4.43. The molecule has 1 aliphatic rings. The molecule has 1 saturated heterocycles. The number of nitrogens with zero attached hydrogens (tertiary/aromatic N) is 1. The summed E-state index contributed by atoms with van der Waals surface area (Å²) in [4.78, 5) is 26.7. The number of carbonyl (C=O) groups excluding carboxylic acids is 2. The van der Waals surface area contributed by atoms with Gasteiger partial charge < -0.3 is 15.5 Å². The van der Waals surface area contributed by atoms with Crippen LogP contribution in [0.4, 0.5) is 11.4 Å². The van der Waals surface area contributed by atoms with Crippen LogP contribution in [0.2, 0.25) is 5.02 Å². The van der Waals surface area contributed by atoms with Crippen LogP contribution in [0.25, 0.3) is 0 Å². The Hall–Kier alpha value is -1.40. The Kier molecular flexibility index (Phi) is 6.42. The smallest absolute Gasteiger partial charge is 0.243 e. The van der Waals surface area contributed by atoms with E-state index in [2.05, 4.69) is 17.6 Å². The van der Waals surface area contributed by atoms with Gasteiger partial charge in [0.05, 0.1) is 6.04 Å². The van der Waals surface area contributed by atoms with Crippen molar-refractivity contribution in [3.63, 3.8) is 0 Å². The maximum Gasteiger partial charge on any atom is 0.243 e. The molecular weight excluding hydrogens is 382 g/mol. The number of hydrogen-bond donors (Lipinski definition) is 3. The fraction of sp³-hybridized carbons (Fsp3) is 0.600. The Morgan fingerprint density at radius 2 is 1.89 bits per heavy atom. The van der Waals surface area contributed by atoms with Gasteiger partial charge in [-0.1, -0.05) is 39.3 Å². The number of halogens is 1. The number of anilines is 2. The van der Waals surface area contributed by atoms with Crippen molar-refractivity contribution < 1.29 is 9.59 Å². The molecule has 0 aromatic heterocycles. The second kappa shape index (κ2) is 7.92. The fourth-order valence-corrected chi connectivity index (χ4v) is 4.23. The Morgan fingerprint density at radius 1 is 1.30 bits per heavy atom. The summed E-state index contributed by atoms with van der Waals surface area (Å²) in [6.45, 7) is 12.2. The van der Waals surface area contributed by atoms with Crippen molar-refractivity contribution in [1.82, 2.24) is 4.90 Å². The summed E-state index contributed by atoms with van der Waals surface area (Å²) in [6, 6.07) is 5.19. The summed E-state index contributed by atoms with van der Waals surface area (Å²) in [5, 5.41) is 6.75. The number of amides is 2. The zero-order valence-electron chi connectivity index (χ0n) is 16.9. The van der Waals surface area contributed by atoms with E-state index in [1.165, 1.54) is 0 Å². The molecule has 2 N–H and O–H groups in total. The van der Waals surface area contributed by atoms with Gasteiger partial charge >= 0.3 is 0 Å². The van der Waals surface area contributed by atoms with E-state index in [0.29, 0.717) is 17.3 Å². The SMILES string of the molecule is CCC1N(CC)C(=O)C1(S)C(C)Nc1cc(Cl)cc(NC(=O)C(C)(C)C)c1. The molecule has 0 aliphatic carbocycles. The van der Waals surface area contributed by atoms with Crippen molar-refractivity contribution in [2.75, 3.05) is 17.2 Å². The lowest BCUT2D eigenvalue weighted by Gasteiger charge is -2.56. The third-order valence-electron chi connectivity index (χ3n) is 5.10.